The van der Waals surface area contributed by atoms with Crippen LogP contribution in [0.2, 0.25) is 0 Å². The van der Waals surface area contributed by atoms with Crippen molar-refractivity contribution in [1.29, 1.82) is 0 Å². The van der Waals surface area contributed by atoms with Crippen molar-refractivity contribution in [1.82, 2.24) is 4.90 Å². The second-order valence-corrected chi connectivity index (χ2v) is 5.12. The van der Waals surface area contributed by atoms with E-state index in [-0.39, 0.29) is 17.9 Å². The lowest BCUT2D eigenvalue weighted by Gasteiger charge is -2.28. The third-order valence-electron chi connectivity index (χ3n) is 3.58. The maximum atomic E-state index is 12.1. The van der Waals surface area contributed by atoms with Crippen LogP contribution < -0.4 is 5.73 Å². The van der Waals surface area contributed by atoms with Crippen LogP contribution >= 0.6 is 0 Å². The molecule has 0 bridgehead atoms. The summed E-state index contributed by atoms with van der Waals surface area (Å²) in [5, 5.41) is 0. The first-order valence-corrected chi connectivity index (χ1v) is 6.42. The number of hydrogen-bond donors (Lipinski definition) is 1. The summed E-state index contributed by atoms with van der Waals surface area (Å²) in [6.45, 7) is 8.48. The van der Waals surface area contributed by atoms with E-state index in [1.165, 1.54) is 16.7 Å². The zero-order valence-corrected chi connectivity index (χ0v) is 12.0. The van der Waals surface area contributed by atoms with Crippen LogP contribution in [0.3, 0.4) is 0 Å². The van der Waals surface area contributed by atoms with E-state index in [4.69, 9.17) is 5.73 Å². The molecule has 0 aliphatic heterocycles. The minimum atomic E-state index is -0.122. The molecular weight excluding hydrogens is 224 g/mol. The Bertz CT molecular complexity index is 429. The van der Waals surface area contributed by atoms with Gasteiger partial charge in [0, 0.05) is 19.5 Å². The van der Waals surface area contributed by atoms with Gasteiger partial charge in [-0.05, 0) is 31.9 Å². The molecule has 1 amide bonds. The minimum absolute atomic E-state index is 0.0760. The summed E-state index contributed by atoms with van der Waals surface area (Å²) >= 11 is 0. The first kappa shape index (κ1) is 14.7. The Labute approximate surface area is 110 Å². The molecule has 1 rings (SSSR count). The fourth-order valence-corrected chi connectivity index (χ4v) is 2.14. The van der Waals surface area contributed by atoms with Crippen molar-refractivity contribution in [2.75, 3.05) is 13.6 Å². The lowest BCUT2D eigenvalue weighted by atomic mass is 9.98. The number of rotatable bonds is 4. The van der Waals surface area contributed by atoms with Crippen molar-refractivity contribution >= 4 is 5.91 Å². The van der Waals surface area contributed by atoms with Gasteiger partial charge in [0.15, 0.2) is 0 Å². The quantitative estimate of drug-likeness (QED) is 0.889. The van der Waals surface area contributed by atoms with Gasteiger partial charge >= 0.3 is 0 Å². The predicted octanol–water partition coefficient (Wildman–Crippen LogP) is 2.42. The highest BCUT2D eigenvalue weighted by molar-refractivity contribution is 5.79. The molecule has 100 valence electrons. The van der Waals surface area contributed by atoms with Crippen molar-refractivity contribution in [3.8, 4) is 0 Å². The van der Waals surface area contributed by atoms with Gasteiger partial charge in [-0.1, -0.05) is 30.7 Å². The molecule has 2 N–H and O–H groups in total. The van der Waals surface area contributed by atoms with Gasteiger partial charge in [0.2, 0.25) is 5.91 Å². The van der Waals surface area contributed by atoms with Crippen LogP contribution in [-0.4, -0.2) is 24.4 Å². The Morgan fingerprint density at radius 3 is 2.44 bits per heavy atom. The van der Waals surface area contributed by atoms with Crippen molar-refractivity contribution in [2.24, 2.45) is 11.7 Å². The second kappa shape index (κ2) is 6.01. The Kier molecular flexibility index (Phi) is 4.91. The third kappa shape index (κ3) is 3.10. The molecule has 1 aromatic rings. The molecule has 0 saturated carbocycles. The Hall–Kier alpha value is -1.35. The van der Waals surface area contributed by atoms with E-state index >= 15 is 0 Å². The second-order valence-electron chi connectivity index (χ2n) is 5.12. The molecule has 1 aromatic carbocycles. The number of carbonyl (C=O) groups excluding carboxylic acids is 1. The highest BCUT2D eigenvalue weighted by Gasteiger charge is 2.22. The maximum absolute atomic E-state index is 12.1. The molecule has 3 nitrogen and oxygen atoms in total. The Balaban J connectivity index is 2.92. The Morgan fingerprint density at radius 2 is 1.94 bits per heavy atom. The van der Waals surface area contributed by atoms with Crippen molar-refractivity contribution in [3.05, 3.63) is 34.9 Å². The maximum Gasteiger partial charge on any atom is 0.226 e. The molecule has 0 spiro atoms. The monoisotopic (exact) mass is 248 g/mol. The summed E-state index contributed by atoms with van der Waals surface area (Å²) in [4.78, 5) is 13.9. The standard InChI is InChI=1S/C15H24N2O/c1-10-6-7-14(11(2)8-10)13(4)17(5)15(18)12(3)9-16/h6-8,12-13H,9,16H2,1-5H3. The largest absolute Gasteiger partial charge is 0.339 e. The van der Waals surface area contributed by atoms with Crippen LogP contribution in [0.4, 0.5) is 0 Å². The first-order chi connectivity index (χ1) is 8.38. The van der Waals surface area contributed by atoms with Gasteiger partial charge in [-0.25, -0.2) is 0 Å². The van der Waals surface area contributed by atoms with Gasteiger partial charge in [0.25, 0.3) is 0 Å². The molecule has 0 aliphatic rings. The normalized spacial score (nSPS) is 14.1. The topological polar surface area (TPSA) is 46.3 Å². The van der Waals surface area contributed by atoms with Crippen molar-refractivity contribution in [3.63, 3.8) is 0 Å². The van der Waals surface area contributed by atoms with Crippen LogP contribution in [0.5, 0.6) is 0 Å². The number of hydrogen-bond acceptors (Lipinski definition) is 2. The fourth-order valence-electron chi connectivity index (χ4n) is 2.14. The molecule has 2 atom stereocenters. The lowest BCUT2D eigenvalue weighted by molar-refractivity contribution is -0.135. The Morgan fingerprint density at radius 1 is 1.33 bits per heavy atom. The van der Waals surface area contributed by atoms with Crippen LogP contribution in [0.15, 0.2) is 18.2 Å². The molecular formula is C15H24N2O. The molecule has 0 aromatic heterocycles. The van der Waals surface area contributed by atoms with E-state index < -0.39 is 0 Å². The summed E-state index contributed by atoms with van der Waals surface area (Å²) in [5.74, 6) is -0.0202. The van der Waals surface area contributed by atoms with E-state index in [0.717, 1.165) is 0 Å². The highest BCUT2D eigenvalue weighted by Crippen LogP contribution is 2.24. The van der Waals surface area contributed by atoms with E-state index in [1.54, 1.807) is 4.90 Å². The molecule has 0 aliphatic carbocycles. The average Bonchev–Trinajstić information content (AvgIpc) is 2.35. The number of nitrogens with zero attached hydrogens (tertiary/aromatic N) is 1. The molecule has 0 heterocycles. The van der Waals surface area contributed by atoms with Crippen molar-refractivity contribution in [2.45, 2.75) is 33.7 Å². The van der Waals surface area contributed by atoms with Gasteiger partial charge in [-0.2, -0.15) is 0 Å². The number of amides is 1. The van der Waals surface area contributed by atoms with Gasteiger partial charge in [-0.3, -0.25) is 4.79 Å². The first-order valence-electron chi connectivity index (χ1n) is 6.42. The fraction of sp³-hybridized carbons (Fsp3) is 0.533. The molecule has 3 heteroatoms. The number of nitrogens with two attached hydrogens (primary N) is 1. The number of carbonyl (C=O) groups is 1. The van der Waals surface area contributed by atoms with Gasteiger partial charge < -0.3 is 10.6 Å². The minimum Gasteiger partial charge on any atom is -0.339 e. The molecule has 0 radical (unpaired) electrons. The van der Waals surface area contributed by atoms with Gasteiger partial charge in [0.05, 0.1) is 6.04 Å². The summed E-state index contributed by atoms with van der Waals surface area (Å²) in [6.07, 6.45) is 0. The molecule has 0 fully saturated rings. The average molecular weight is 248 g/mol. The van der Waals surface area contributed by atoms with Crippen LogP contribution in [0.25, 0.3) is 0 Å². The van der Waals surface area contributed by atoms with Crippen LogP contribution in [0, 0.1) is 19.8 Å². The van der Waals surface area contributed by atoms with E-state index in [0.29, 0.717) is 6.54 Å². The summed E-state index contributed by atoms with van der Waals surface area (Å²) < 4.78 is 0. The molecule has 0 saturated heterocycles. The van der Waals surface area contributed by atoms with Crippen LogP contribution in [-0.2, 0) is 4.79 Å². The van der Waals surface area contributed by atoms with Crippen molar-refractivity contribution < 1.29 is 4.79 Å². The SMILES string of the molecule is Cc1ccc(C(C)N(C)C(=O)C(C)CN)c(C)c1. The van der Waals surface area contributed by atoms with Gasteiger partial charge in [-0.15, -0.1) is 0 Å². The van der Waals surface area contributed by atoms with E-state index in [1.807, 2.05) is 14.0 Å². The zero-order chi connectivity index (χ0) is 13.9. The number of aryl methyl sites for hydroxylation is 2. The zero-order valence-electron chi connectivity index (χ0n) is 12.0. The van der Waals surface area contributed by atoms with Gasteiger partial charge in [0.1, 0.15) is 0 Å². The van der Waals surface area contributed by atoms with E-state index in [2.05, 4.69) is 39.0 Å². The highest BCUT2D eigenvalue weighted by atomic mass is 16.2. The lowest BCUT2D eigenvalue weighted by Crippen LogP contribution is -2.36. The summed E-state index contributed by atoms with van der Waals surface area (Å²) in [6, 6.07) is 6.42. The summed E-state index contributed by atoms with van der Waals surface area (Å²) in [7, 11) is 1.85. The predicted molar refractivity (Wildman–Crippen MR) is 75.3 cm³/mol. The van der Waals surface area contributed by atoms with Crippen LogP contribution in [0.1, 0.15) is 36.6 Å². The molecule has 2 unspecified atom stereocenters. The number of benzene rings is 1. The third-order valence-corrected chi connectivity index (χ3v) is 3.58. The molecule has 18 heavy (non-hydrogen) atoms. The van der Waals surface area contributed by atoms with E-state index in [9.17, 15) is 4.79 Å². The summed E-state index contributed by atoms with van der Waals surface area (Å²) in [5.41, 5.74) is 9.21. The smallest absolute Gasteiger partial charge is 0.226 e.